The average molecular weight is 324 g/mol. The van der Waals surface area contributed by atoms with Crippen LogP contribution >= 0.6 is 11.6 Å². The molecule has 0 fully saturated rings. The Balaban J connectivity index is 2.27. The number of aromatic nitrogens is 2. The first kappa shape index (κ1) is 15.9. The summed E-state index contributed by atoms with van der Waals surface area (Å²) in [5.74, 6) is 0.115. The topological polar surface area (TPSA) is 113 Å². The van der Waals surface area contributed by atoms with E-state index < -0.39 is 11.2 Å². The molecule has 22 heavy (non-hydrogen) atoms. The Morgan fingerprint density at radius 1 is 1.41 bits per heavy atom. The lowest BCUT2D eigenvalue weighted by Crippen LogP contribution is -2.19. The van der Waals surface area contributed by atoms with Gasteiger partial charge in [0.1, 0.15) is 12.4 Å². The van der Waals surface area contributed by atoms with Crippen LogP contribution in [0.15, 0.2) is 30.5 Å². The molecule has 0 amide bonds. The van der Waals surface area contributed by atoms with Crippen LogP contribution in [0.3, 0.4) is 0 Å². The minimum atomic E-state index is -0.933. The number of benzene rings is 1. The molecule has 116 valence electrons. The molecule has 1 unspecified atom stereocenters. The molecule has 1 aromatic heterocycles. The molecule has 0 spiro atoms. The van der Waals surface area contributed by atoms with Gasteiger partial charge in [-0.15, -0.1) is 0 Å². The van der Waals surface area contributed by atoms with Crippen molar-refractivity contribution in [3.05, 3.63) is 45.6 Å². The Morgan fingerprint density at radius 3 is 2.68 bits per heavy atom. The quantitative estimate of drug-likeness (QED) is 0.425. The molecule has 0 aliphatic rings. The SMILES string of the molecule is CCC(O)Nc1nc(Nc2ccc(Cl)cc2)ncc1[N+](=O)[O-]. The van der Waals surface area contributed by atoms with Crippen LogP contribution in [0.2, 0.25) is 5.02 Å². The fraction of sp³-hybridized carbons (Fsp3) is 0.231. The molecule has 8 nitrogen and oxygen atoms in total. The first-order chi connectivity index (χ1) is 10.5. The van der Waals surface area contributed by atoms with Crippen LogP contribution in [0.4, 0.5) is 23.1 Å². The summed E-state index contributed by atoms with van der Waals surface area (Å²) < 4.78 is 0. The van der Waals surface area contributed by atoms with Crippen LogP contribution < -0.4 is 10.6 Å². The summed E-state index contributed by atoms with van der Waals surface area (Å²) in [6.45, 7) is 1.73. The van der Waals surface area contributed by atoms with Crippen LogP contribution in [0.1, 0.15) is 13.3 Å². The van der Waals surface area contributed by atoms with Gasteiger partial charge in [-0.3, -0.25) is 10.1 Å². The normalized spacial score (nSPS) is 11.8. The van der Waals surface area contributed by atoms with Crippen molar-refractivity contribution in [1.82, 2.24) is 9.97 Å². The van der Waals surface area contributed by atoms with Crippen LogP contribution in [0.25, 0.3) is 0 Å². The minimum absolute atomic E-state index is 0.0502. The van der Waals surface area contributed by atoms with Crippen LogP contribution in [-0.2, 0) is 0 Å². The van der Waals surface area contributed by atoms with Gasteiger partial charge in [-0.05, 0) is 30.7 Å². The van der Waals surface area contributed by atoms with Crippen LogP contribution in [0.5, 0.6) is 0 Å². The number of aliphatic hydroxyl groups is 1. The van der Waals surface area contributed by atoms with Gasteiger partial charge in [-0.25, -0.2) is 4.98 Å². The summed E-state index contributed by atoms with van der Waals surface area (Å²) in [4.78, 5) is 18.3. The van der Waals surface area contributed by atoms with Gasteiger partial charge in [0.15, 0.2) is 0 Å². The number of hydrogen-bond donors (Lipinski definition) is 3. The monoisotopic (exact) mass is 323 g/mol. The Hall–Kier alpha value is -2.45. The molecule has 0 radical (unpaired) electrons. The van der Waals surface area contributed by atoms with Gasteiger partial charge in [-0.2, -0.15) is 4.98 Å². The zero-order valence-corrected chi connectivity index (χ0v) is 12.4. The molecular weight excluding hydrogens is 310 g/mol. The number of halogens is 1. The Labute approximate surface area is 131 Å². The van der Waals surface area contributed by atoms with E-state index in [1.165, 1.54) is 0 Å². The summed E-state index contributed by atoms with van der Waals surface area (Å²) in [6, 6.07) is 6.83. The van der Waals surface area contributed by atoms with Gasteiger partial charge in [0, 0.05) is 10.7 Å². The van der Waals surface area contributed by atoms with Gasteiger partial charge in [0.25, 0.3) is 0 Å². The molecule has 0 aliphatic carbocycles. The molecule has 1 heterocycles. The minimum Gasteiger partial charge on any atom is -0.374 e. The molecule has 0 bridgehead atoms. The molecule has 3 N–H and O–H groups in total. The van der Waals surface area contributed by atoms with E-state index in [2.05, 4.69) is 20.6 Å². The smallest absolute Gasteiger partial charge is 0.329 e. The lowest BCUT2D eigenvalue weighted by atomic mass is 10.3. The second-order valence-electron chi connectivity index (χ2n) is 4.38. The largest absolute Gasteiger partial charge is 0.374 e. The molecule has 1 atom stereocenters. The van der Waals surface area contributed by atoms with Crippen LogP contribution in [-0.4, -0.2) is 26.2 Å². The van der Waals surface area contributed by atoms with Crippen molar-refractivity contribution in [1.29, 1.82) is 0 Å². The van der Waals surface area contributed by atoms with E-state index in [0.29, 0.717) is 17.1 Å². The molecule has 0 saturated carbocycles. The molecular formula is C13H14ClN5O3. The third-order valence-corrected chi connectivity index (χ3v) is 3.01. The molecule has 1 aromatic carbocycles. The average Bonchev–Trinajstić information content (AvgIpc) is 2.49. The van der Waals surface area contributed by atoms with Crippen molar-refractivity contribution in [3.8, 4) is 0 Å². The third kappa shape index (κ3) is 4.03. The molecule has 2 rings (SSSR count). The van der Waals surface area contributed by atoms with E-state index >= 15 is 0 Å². The van der Waals surface area contributed by atoms with Crippen molar-refractivity contribution in [2.45, 2.75) is 19.6 Å². The van der Waals surface area contributed by atoms with Gasteiger partial charge < -0.3 is 15.7 Å². The van der Waals surface area contributed by atoms with E-state index in [-0.39, 0.29) is 17.5 Å². The first-order valence-electron chi connectivity index (χ1n) is 6.48. The van der Waals surface area contributed by atoms with Gasteiger partial charge >= 0.3 is 5.69 Å². The predicted octanol–water partition coefficient (Wildman–Crippen LogP) is 2.92. The second kappa shape index (κ2) is 7.01. The zero-order valence-electron chi connectivity index (χ0n) is 11.7. The number of aliphatic hydroxyl groups excluding tert-OH is 1. The number of rotatable bonds is 6. The number of nitro groups is 1. The van der Waals surface area contributed by atoms with Crippen molar-refractivity contribution in [3.63, 3.8) is 0 Å². The lowest BCUT2D eigenvalue weighted by Gasteiger charge is -2.12. The fourth-order valence-corrected chi connectivity index (χ4v) is 1.72. The summed E-state index contributed by atoms with van der Waals surface area (Å²) in [5, 5.41) is 26.6. The first-order valence-corrected chi connectivity index (χ1v) is 6.86. The van der Waals surface area contributed by atoms with E-state index in [1.54, 1.807) is 31.2 Å². The summed E-state index contributed by atoms with van der Waals surface area (Å²) in [7, 11) is 0. The maximum atomic E-state index is 11.0. The molecule has 0 saturated heterocycles. The zero-order chi connectivity index (χ0) is 16.1. The highest BCUT2D eigenvalue weighted by Gasteiger charge is 2.19. The van der Waals surface area contributed by atoms with Gasteiger partial charge in [0.2, 0.25) is 11.8 Å². The Bertz CT molecular complexity index is 665. The highest BCUT2D eigenvalue weighted by atomic mass is 35.5. The third-order valence-electron chi connectivity index (χ3n) is 2.76. The number of nitrogens with zero attached hydrogens (tertiary/aromatic N) is 3. The van der Waals surface area contributed by atoms with Crippen LogP contribution in [0, 0.1) is 10.1 Å². The van der Waals surface area contributed by atoms with E-state index in [0.717, 1.165) is 6.20 Å². The van der Waals surface area contributed by atoms with Crippen molar-refractivity contribution in [2.75, 3.05) is 10.6 Å². The molecule has 2 aromatic rings. The Kier molecular flexibility index (Phi) is 5.08. The molecule has 0 aliphatic heterocycles. The highest BCUT2D eigenvalue weighted by molar-refractivity contribution is 6.30. The van der Waals surface area contributed by atoms with Crippen molar-refractivity contribution >= 4 is 34.7 Å². The maximum Gasteiger partial charge on any atom is 0.329 e. The number of anilines is 3. The van der Waals surface area contributed by atoms with Gasteiger partial charge in [-0.1, -0.05) is 18.5 Å². The number of hydrogen-bond acceptors (Lipinski definition) is 7. The summed E-state index contributed by atoms with van der Waals surface area (Å²) in [5.41, 5.74) is 0.370. The highest BCUT2D eigenvalue weighted by Crippen LogP contribution is 2.24. The Morgan fingerprint density at radius 2 is 2.09 bits per heavy atom. The predicted molar refractivity (Wildman–Crippen MR) is 83.3 cm³/mol. The van der Waals surface area contributed by atoms with Crippen molar-refractivity contribution in [2.24, 2.45) is 0 Å². The maximum absolute atomic E-state index is 11.0. The summed E-state index contributed by atoms with van der Waals surface area (Å²) >= 11 is 5.80. The standard InChI is InChI=1S/C13H14ClN5O3/c1-2-11(20)17-12-10(19(21)22)7-15-13(18-12)16-9-5-3-8(14)4-6-9/h3-7,11,20H,2H2,1H3,(H2,15,16,17,18). The lowest BCUT2D eigenvalue weighted by molar-refractivity contribution is -0.384. The van der Waals surface area contributed by atoms with E-state index in [9.17, 15) is 15.2 Å². The second-order valence-corrected chi connectivity index (χ2v) is 4.82. The van der Waals surface area contributed by atoms with Crippen molar-refractivity contribution < 1.29 is 10.0 Å². The van der Waals surface area contributed by atoms with Gasteiger partial charge in [0.05, 0.1) is 4.92 Å². The summed E-state index contributed by atoms with van der Waals surface area (Å²) in [6.07, 6.45) is 0.522. The fourth-order valence-electron chi connectivity index (χ4n) is 1.60. The van der Waals surface area contributed by atoms with E-state index in [4.69, 9.17) is 11.6 Å². The molecule has 9 heteroatoms. The number of nitrogens with one attached hydrogen (secondary N) is 2. The van der Waals surface area contributed by atoms with E-state index in [1.807, 2.05) is 0 Å².